The molecule has 0 spiro atoms. The Balaban J connectivity index is 1.65. The van der Waals surface area contributed by atoms with Gasteiger partial charge in [-0.15, -0.1) is 0 Å². The second-order valence-corrected chi connectivity index (χ2v) is 8.34. The molecule has 1 aliphatic heterocycles. The molecule has 1 amide bonds. The fourth-order valence-corrected chi connectivity index (χ4v) is 4.38. The smallest absolute Gasteiger partial charge is 0.253 e. The van der Waals surface area contributed by atoms with Gasteiger partial charge in [-0.25, -0.2) is 4.98 Å². The Hall–Kier alpha value is -2.90. The predicted molar refractivity (Wildman–Crippen MR) is 130 cm³/mol. The van der Waals surface area contributed by atoms with Gasteiger partial charge in [0.1, 0.15) is 11.6 Å². The number of hydrogen-bond acceptors (Lipinski definition) is 5. The third kappa shape index (κ3) is 5.37. The van der Waals surface area contributed by atoms with Crippen LogP contribution < -0.4 is 4.74 Å². The van der Waals surface area contributed by atoms with Gasteiger partial charge in [0.25, 0.3) is 5.91 Å². The van der Waals surface area contributed by atoms with Crippen molar-refractivity contribution in [1.29, 1.82) is 0 Å². The number of rotatable bonds is 9. The Bertz CT molecular complexity index is 1070. The van der Waals surface area contributed by atoms with Crippen LogP contribution in [0.25, 0.3) is 11.0 Å². The Kier molecular flexibility index (Phi) is 7.62. The van der Waals surface area contributed by atoms with Crippen LogP contribution in [-0.4, -0.2) is 78.3 Å². The Morgan fingerprint density at radius 1 is 1.06 bits per heavy atom. The number of ether oxygens (including phenoxy) is 2. The third-order valence-electron chi connectivity index (χ3n) is 6.39. The number of amides is 1. The lowest BCUT2D eigenvalue weighted by Gasteiger charge is -2.27. The normalized spacial score (nSPS) is 14.5. The van der Waals surface area contributed by atoms with Crippen molar-refractivity contribution in [3.8, 4) is 5.75 Å². The number of carbonyl (C=O) groups is 1. The standard InChI is InChI=1S/C26H34N4O3/c1-4-29(5-2)26(31)21-8-11-24-23(19-21)27-25(18-20-6-9-22(32-3)10-7-20)30(24)13-12-28-14-16-33-17-15-28/h6-11,19H,4-5,12-18H2,1-3H3. The summed E-state index contributed by atoms with van der Waals surface area (Å²) in [5.74, 6) is 1.91. The maximum atomic E-state index is 12.9. The molecule has 0 aliphatic carbocycles. The summed E-state index contributed by atoms with van der Waals surface area (Å²) in [5, 5.41) is 0. The molecule has 2 heterocycles. The zero-order chi connectivity index (χ0) is 23.2. The highest BCUT2D eigenvalue weighted by Gasteiger charge is 2.18. The van der Waals surface area contributed by atoms with Crippen molar-refractivity contribution in [2.24, 2.45) is 0 Å². The largest absolute Gasteiger partial charge is 0.497 e. The number of nitrogens with zero attached hydrogens (tertiary/aromatic N) is 4. The Morgan fingerprint density at radius 2 is 1.79 bits per heavy atom. The average molecular weight is 451 g/mol. The minimum atomic E-state index is 0.0569. The molecule has 4 rings (SSSR count). The molecule has 2 aromatic carbocycles. The zero-order valence-corrected chi connectivity index (χ0v) is 19.9. The van der Waals surface area contributed by atoms with E-state index in [0.29, 0.717) is 18.7 Å². The number of hydrogen-bond donors (Lipinski definition) is 0. The van der Waals surface area contributed by atoms with Crippen LogP contribution in [0.1, 0.15) is 35.6 Å². The van der Waals surface area contributed by atoms with Gasteiger partial charge in [0, 0.05) is 51.3 Å². The minimum absolute atomic E-state index is 0.0569. The van der Waals surface area contributed by atoms with Crippen molar-refractivity contribution < 1.29 is 14.3 Å². The van der Waals surface area contributed by atoms with E-state index < -0.39 is 0 Å². The number of methoxy groups -OCH3 is 1. The van der Waals surface area contributed by atoms with Crippen LogP contribution in [0.5, 0.6) is 5.75 Å². The number of imidazole rings is 1. The lowest BCUT2D eigenvalue weighted by Crippen LogP contribution is -2.38. The van der Waals surface area contributed by atoms with E-state index in [9.17, 15) is 4.79 Å². The molecule has 0 unspecified atom stereocenters. The van der Waals surface area contributed by atoms with Crippen LogP contribution in [-0.2, 0) is 17.7 Å². The molecule has 1 fully saturated rings. The van der Waals surface area contributed by atoms with E-state index >= 15 is 0 Å². The fraction of sp³-hybridized carbons (Fsp3) is 0.462. The lowest BCUT2D eigenvalue weighted by molar-refractivity contribution is 0.0364. The minimum Gasteiger partial charge on any atom is -0.497 e. The molecule has 0 radical (unpaired) electrons. The van der Waals surface area contributed by atoms with Crippen molar-refractivity contribution >= 4 is 16.9 Å². The quantitative estimate of drug-likeness (QED) is 0.500. The first-order valence-electron chi connectivity index (χ1n) is 11.8. The summed E-state index contributed by atoms with van der Waals surface area (Å²) >= 11 is 0. The maximum absolute atomic E-state index is 12.9. The van der Waals surface area contributed by atoms with Crippen molar-refractivity contribution in [3.05, 3.63) is 59.4 Å². The van der Waals surface area contributed by atoms with E-state index in [1.54, 1.807) is 7.11 Å². The molecule has 1 aromatic heterocycles. The van der Waals surface area contributed by atoms with E-state index in [1.165, 1.54) is 5.56 Å². The summed E-state index contributed by atoms with van der Waals surface area (Å²) in [6.07, 6.45) is 0.723. The third-order valence-corrected chi connectivity index (χ3v) is 6.39. The highest BCUT2D eigenvalue weighted by Crippen LogP contribution is 2.22. The van der Waals surface area contributed by atoms with Crippen molar-refractivity contribution in [2.45, 2.75) is 26.8 Å². The molecule has 0 atom stereocenters. The van der Waals surface area contributed by atoms with Crippen LogP contribution >= 0.6 is 0 Å². The highest BCUT2D eigenvalue weighted by atomic mass is 16.5. The predicted octanol–water partition coefficient (Wildman–Crippen LogP) is 3.45. The Labute approximate surface area is 195 Å². The SMILES string of the molecule is CCN(CC)C(=O)c1ccc2c(c1)nc(Cc1ccc(OC)cc1)n2CCN1CCOCC1. The van der Waals surface area contributed by atoms with Crippen LogP contribution in [0.2, 0.25) is 0 Å². The van der Waals surface area contributed by atoms with Crippen LogP contribution in [0.3, 0.4) is 0 Å². The van der Waals surface area contributed by atoms with Crippen LogP contribution in [0.15, 0.2) is 42.5 Å². The van der Waals surface area contributed by atoms with Crippen molar-refractivity contribution in [1.82, 2.24) is 19.4 Å². The first-order chi connectivity index (χ1) is 16.1. The molecule has 33 heavy (non-hydrogen) atoms. The van der Waals surface area contributed by atoms with Gasteiger partial charge in [0.2, 0.25) is 0 Å². The first-order valence-corrected chi connectivity index (χ1v) is 11.8. The van der Waals surface area contributed by atoms with Gasteiger partial charge in [-0.3, -0.25) is 9.69 Å². The molecule has 1 saturated heterocycles. The van der Waals surface area contributed by atoms with E-state index in [0.717, 1.165) is 68.4 Å². The lowest BCUT2D eigenvalue weighted by atomic mass is 10.1. The summed E-state index contributed by atoms with van der Waals surface area (Å²) < 4.78 is 13.1. The zero-order valence-electron chi connectivity index (χ0n) is 19.9. The first kappa shape index (κ1) is 23.3. The van der Waals surface area contributed by atoms with Gasteiger partial charge in [0.05, 0.1) is 31.4 Å². The molecule has 1 aliphatic rings. The van der Waals surface area contributed by atoms with Crippen molar-refractivity contribution in [2.75, 3.05) is 53.0 Å². The molecule has 0 N–H and O–H groups in total. The monoisotopic (exact) mass is 450 g/mol. The summed E-state index contributed by atoms with van der Waals surface area (Å²) in [6.45, 7) is 10.7. The highest BCUT2D eigenvalue weighted by molar-refractivity contribution is 5.97. The van der Waals surface area contributed by atoms with Gasteiger partial charge < -0.3 is 18.9 Å². The number of benzene rings is 2. The van der Waals surface area contributed by atoms with Crippen molar-refractivity contribution in [3.63, 3.8) is 0 Å². The van der Waals surface area contributed by atoms with E-state index in [2.05, 4.69) is 27.7 Å². The van der Waals surface area contributed by atoms with Gasteiger partial charge in [0.15, 0.2) is 0 Å². The average Bonchev–Trinajstić information content (AvgIpc) is 3.20. The second-order valence-electron chi connectivity index (χ2n) is 8.34. The molecule has 7 heteroatoms. The van der Waals surface area contributed by atoms with Gasteiger partial charge in [-0.1, -0.05) is 12.1 Å². The molecule has 3 aromatic rings. The van der Waals surface area contributed by atoms with Gasteiger partial charge >= 0.3 is 0 Å². The molecular weight excluding hydrogens is 416 g/mol. The molecule has 0 bridgehead atoms. The summed E-state index contributed by atoms with van der Waals surface area (Å²) in [6, 6.07) is 14.1. The van der Waals surface area contributed by atoms with E-state index in [4.69, 9.17) is 14.5 Å². The number of fused-ring (bicyclic) bond motifs is 1. The van der Waals surface area contributed by atoms with Gasteiger partial charge in [-0.05, 0) is 49.7 Å². The van der Waals surface area contributed by atoms with Crippen LogP contribution in [0.4, 0.5) is 0 Å². The van der Waals surface area contributed by atoms with Gasteiger partial charge in [-0.2, -0.15) is 0 Å². The van der Waals surface area contributed by atoms with E-state index in [1.807, 2.05) is 43.0 Å². The molecular formula is C26H34N4O3. The maximum Gasteiger partial charge on any atom is 0.253 e. The molecule has 7 nitrogen and oxygen atoms in total. The second kappa shape index (κ2) is 10.8. The summed E-state index contributed by atoms with van der Waals surface area (Å²) in [4.78, 5) is 22.2. The molecule has 0 saturated carbocycles. The summed E-state index contributed by atoms with van der Waals surface area (Å²) in [5.41, 5.74) is 3.82. The van der Waals surface area contributed by atoms with Crippen LogP contribution in [0, 0.1) is 0 Å². The molecule has 176 valence electrons. The number of aromatic nitrogens is 2. The topological polar surface area (TPSA) is 59.8 Å². The number of carbonyl (C=O) groups excluding carboxylic acids is 1. The van der Waals surface area contributed by atoms with E-state index in [-0.39, 0.29) is 5.91 Å². The Morgan fingerprint density at radius 3 is 2.45 bits per heavy atom. The summed E-state index contributed by atoms with van der Waals surface area (Å²) in [7, 11) is 1.68. The number of morpholine rings is 1. The fourth-order valence-electron chi connectivity index (χ4n) is 4.38.